The van der Waals surface area contributed by atoms with Gasteiger partial charge in [0.05, 0.1) is 11.5 Å². The van der Waals surface area contributed by atoms with E-state index in [4.69, 9.17) is 0 Å². The van der Waals surface area contributed by atoms with Gasteiger partial charge in [-0.3, -0.25) is 0 Å². The lowest BCUT2D eigenvalue weighted by Crippen LogP contribution is -2.25. The zero-order valence-corrected chi connectivity index (χ0v) is 20.5. The Morgan fingerprint density at radius 2 is 1.31 bits per heavy atom. The van der Waals surface area contributed by atoms with Crippen LogP contribution >= 0.6 is 0 Å². The number of rotatable bonds is 12. The molecule has 0 radical (unpaired) electrons. The van der Waals surface area contributed by atoms with E-state index >= 15 is 0 Å². The van der Waals surface area contributed by atoms with Crippen LogP contribution in [0.5, 0.6) is 0 Å². The molecule has 0 amide bonds. The summed E-state index contributed by atoms with van der Waals surface area (Å²) >= 11 is 0. The van der Waals surface area contributed by atoms with Crippen molar-refractivity contribution in [1.82, 2.24) is 0 Å². The molecular weight excluding hydrogens is 386 g/mol. The number of unbranched alkanes of at least 4 members (excludes halogenated alkanes) is 6. The van der Waals surface area contributed by atoms with Crippen LogP contribution in [0.25, 0.3) is 11.1 Å². The Morgan fingerprint density at radius 3 is 1.91 bits per heavy atom. The van der Waals surface area contributed by atoms with Crippen molar-refractivity contribution in [3.8, 4) is 17.2 Å². The molecule has 3 rings (SSSR count). The lowest BCUT2D eigenvalue weighted by Gasteiger charge is -2.35. The molecular formula is C31H43N. The van der Waals surface area contributed by atoms with Crippen molar-refractivity contribution in [3.05, 3.63) is 59.7 Å². The molecule has 1 nitrogen and oxygen atoms in total. The topological polar surface area (TPSA) is 23.8 Å². The van der Waals surface area contributed by atoms with Crippen molar-refractivity contribution >= 4 is 0 Å². The fraction of sp³-hybridized carbons (Fsp3) is 0.581. The summed E-state index contributed by atoms with van der Waals surface area (Å²) in [7, 11) is 0. The third-order valence-corrected chi connectivity index (χ3v) is 7.68. The molecule has 172 valence electrons. The van der Waals surface area contributed by atoms with Crippen molar-refractivity contribution in [2.75, 3.05) is 0 Å². The van der Waals surface area contributed by atoms with Gasteiger partial charge in [0.2, 0.25) is 0 Å². The molecule has 1 saturated carbocycles. The molecule has 1 heteroatoms. The van der Waals surface area contributed by atoms with Gasteiger partial charge in [0.15, 0.2) is 0 Å². The highest BCUT2D eigenvalue weighted by Crippen LogP contribution is 2.45. The summed E-state index contributed by atoms with van der Waals surface area (Å²) in [4.78, 5) is 0. The van der Waals surface area contributed by atoms with Crippen LogP contribution < -0.4 is 0 Å². The Kier molecular flexibility index (Phi) is 9.86. The third kappa shape index (κ3) is 6.96. The summed E-state index contributed by atoms with van der Waals surface area (Å²) in [5, 5.41) is 9.92. The van der Waals surface area contributed by atoms with Gasteiger partial charge in [0.25, 0.3) is 0 Å². The van der Waals surface area contributed by atoms with Gasteiger partial charge in [-0.1, -0.05) is 107 Å². The monoisotopic (exact) mass is 429 g/mol. The Bertz CT molecular complexity index is 816. The Morgan fingerprint density at radius 1 is 0.750 bits per heavy atom. The average molecular weight is 430 g/mol. The maximum absolute atomic E-state index is 9.92. The van der Waals surface area contributed by atoms with E-state index in [-0.39, 0.29) is 5.41 Å². The molecule has 0 aromatic heterocycles. The van der Waals surface area contributed by atoms with Gasteiger partial charge in [-0.25, -0.2) is 0 Å². The fourth-order valence-electron chi connectivity index (χ4n) is 5.36. The number of hydrogen-bond donors (Lipinski definition) is 0. The van der Waals surface area contributed by atoms with E-state index in [1.807, 2.05) is 0 Å². The van der Waals surface area contributed by atoms with E-state index in [9.17, 15) is 5.26 Å². The Hall–Kier alpha value is -2.07. The molecule has 1 aliphatic rings. The van der Waals surface area contributed by atoms with Crippen LogP contribution in [-0.2, 0) is 6.42 Å². The van der Waals surface area contributed by atoms with E-state index in [2.05, 4.69) is 68.4 Å². The highest BCUT2D eigenvalue weighted by Gasteiger charge is 2.35. The van der Waals surface area contributed by atoms with E-state index in [0.717, 1.165) is 32.1 Å². The standard InChI is InChI=1S/C31H43N/c1-3-5-7-8-9-10-22-31(25-32)23-20-30(21-24-31)29-18-16-28(17-19-29)27-14-12-26(13-15-27)11-6-4-2/h12-19,30H,3-11,20-24H2,1-2H3. The number of benzene rings is 2. The van der Waals surface area contributed by atoms with Crippen LogP contribution in [0.3, 0.4) is 0 Å². The second-order valence-corrected chi connectivity index (χ2v) is 10.1. The minimum Gasteiger partial charge on any atom is -0.198 e. The first-order valence-electron chi connectivity index (χ1n) is 13.3. The van der Waals surface area contributed by atoms with Crippen molar-refractivity contribution < 1.29 is 0 Å². The zero-order chi connectivity index (χ0) is 22.7. The molecule has 0 unspecified atom stereocenters. The molecule has 2 aromatic rings. The van der Waals surface area contributed by atoms with Gasteiger partial charge in [-0.2, -0.15) is 5.26 Å². The predicted octanol–water partition coefficient (Wildman–Crippen LogP) is 9.61. The molecule has 0 aliphatic heterocycles. The molecule has 0 atom stereocenters. The zero-order valence-electron chi connectivity index (χ0n) is 20.5. The molecule has 0 bridgehead atoms. The van der Waals surface area contributed by atoms with Crippen molar-refractivity contribution in [1.29, 1.82) is 5.26 Å². The van der Waals surface area contributed by atoms with Crippen LogP contribution in [-0.4, -0.2) is 0 Å². The van der Waals surface area contributed by atoms with E-state index < -0.39 is 0 Å². The van der Waals surface area contributed by atoms with Crippen molar-refractivity contribution in [3.63, 3.8) is 0 Å². The van der Waals surface area contributed by atoms with Crippen LogP contribution in [0.1, 0.15) is 114 Å². The van der Waals surface area contributed by atoms with Crippen LogP contribution in [0, 0.1) is 16.7 Å². The minimum absolute atomic E-state index is 0.0548. The van der Waals surface area contributed by atoms with Gasteiger partial charge in [0, 0.05) is 0 Å². The number of hydrogen-bond acceptors (Lipinski definition) is 1. The average Bonchev–Trinajstić information content (AvgIpc) is 2.86. The second kappa shape index (κ2) is 12.8. The largest absolute Gasteiger partial charge is 0.198 e. The SMILES string of the molecule is CCCCCCCCC1(C#N)CCC(c2ccc(-c3ccc(CCCC)cc3)cc2)CC1. The lowest BCUT2D eigenvalue weighted by atomic mass is 9.67. The first kappa shape index (κ1) is 24.6. The first-order valence-corrected chi connectivity index (χ1v) is 13.3. The van der Waals surface area contributed by atoms with Crippen LogP contribution in [0.4, 0.5) is 0 Å². The molecule has 0 saturated heterocycles. The quantitative estimate of drug-likeness (QED) is 0.308. The molecule has 0 heterocycles. The maximum Gasteiger partial charge on any atom is 0.0689 e. The predicted molar refractivity (Wildman–Crippen MR) is 138 cm³/mol. The number of nitriles is 1. The van der Waals surface area contributed by atoms with E-state index in [1.165, 1.54) is 80.0 Å². The lowest BCUT2D eigenvalue weighted by molar-refractivity contribution is 0.223. The fourth-order valence-corrected chi connectivity index (χ4v) is 5.36. The molecule has 0 spiro atoms. The first-order chi connectivity index (χ1) is 15.7. The third-order valence-electron chi connectivity index (χ3n) is 7.68. The summed E-state index contributed by atoms with van der Waals surface area (Å²) in [6.45, 7) is 4.51. The van der Waals surface area contributed by atoms with Crippen LogP contribution in [0.2, 0.25) is 0 Å². The summed E-state index contributed by atoms with van der Waals surface area (Å²) in [6.07, 6.45) is 17.2. The number of nitrogens with zero attached hydrogens (tertiary/aromatic N) is 1. The highest BCUT2D eigenvalue weighted by molar-refractivity contribution is 5.64. The highest BCUT2D eigenvalue weighted by atomic mass is 14.4. The number of aryl methyl sites for hydroxylation is 1. The minimum atomic E-state index is -0.0548. The van der Waals surface area contributed by atoms with E-state index in [1.54, 1.807) is 0 Å². The Balaban J connectivity index is 1.50. The molecule has 0 N–H and O–H groups in total. The van der Waals surface area contributed by atoms with Crippen molar-refractivity contribution in [2.45, 2.75) is 110 Å². The van der Waals surface area contributed by atoms with Gasteiger partial charge >= 0.3 is 0 Å². The smallest absolute Gasteiger partial charge is 0.0689 e. The van der Waals surface area contributed by atoms with Gasteiger partial charge in [-0.05, 0) is 73.1 Å². The maximum atomic E-state index is 9.92. The van der Waals surface area contributed by atoms with E-state index in [0.29, 0.717) is 5.92 Å². The van der Waals surface area contributed by atoms with Gasteiger partial charge in [0.1, 0.15) is 0 Å². The van der Waals surface area contributed by atoms with Gasteiger partial charge < -0.3 is 0 Å². The summed E-state index contributed by atoms with van der Waals surface area (Å²) < 4.78 is 0. The summed E-state index contributed by atoms with van der Waals surface area (Å²) in [5.41, 5.74) is 5.46. The molecule has 2 aromatic carbocycles. The normalized spacial score (nSPS) is 20.7. The molecule has 1 fully saturated rings. The van der Waals surface area contributed by atoms with Crippen LogP contribution in [0.15, 0.2) is 48.5 Å². The summed E-state index contributed by atoms with van der Waals surface area (Å²) in [5.74, 6) is 0.617. The molecule has 1 aliphatic carbocycles. The van der Waals surface area contributed by atoms with Crippen molar-refractivity contribution in [2.24, 2.45) is 5.41 Å². The Labute approximate surface area is 197 Å². The van der Waals surface area contributed by atoms with Gasteiger partial charge in [-0.15, -0.1) is 0 Å². The second-order valence-electron chi connectivity index (χ2n) is 10.1. The molecule has 32 heavy (non-hydrogen) atoms. The summed E-state index contributed by atoms with van der Waals surface area (Å²) in [6, 6.07) is 21.1.